The molecule has 26 heavy (non-hydrogen) atoms. The zero-order valence-corrected chi connectivity index (χ0v) is 15.8. The summed E-state index contributed by atoms with van der Waals surface area (Å²) in [6.07, 6.45) is 1.88. The fourth-order valence-electron chi connectivity index (χ4n) is 3.25. The van der Waals surface area contributed by atoms with E-state index in [0.29, 0.717) is 38.2 Å². The zero-order chi connectivity index (χ0) is 18.7. The normalized spacial score (nSPS) is 18.1. The molecule has 0 aliphatic carbocycles. The van der Waals surface area contributed by atoms with Crippen molar-refractivity contribution in [2.24, 2.45) is 5.92 Å². The Morgan fingerprint density at radius 3 is 2.65 bits per heavy atom. The summed E-state index contributed by atoms with van der Waals surface area (Å²) in [5, 5.41) is 3.90. The lowest BCUT2D eigenvalue weighted by atomic mass is 9.97. The number of nitrogens with zero attached hydrogens (tertiary/aromatic N) is 1. The van der Waals surface area contributed by atoms with Gasteiger partial charge in [-0.1, -0.05) is 18.2 Å². The average Bonchev–Trinajstić information content (AvgIpc) is 3.05. The highest BCUT2D eigenvalue weighted by Crippen LogP contribution is 2.25. The maximum Gasteiger partial charge on any atom is 0.223 e. The molecule has 1 aromatic heterocycles. The summed E-state index contributed by atoms with van der Waals surface area (Å²) >= 11 is 0. The molecule has 142 valence electrons. The monoisotopic (exact) mass is 380 g/mol. The maximum atomic E-state index is 12.4. The van der Waals surface area contributed by atoms with Gasteiger partial charge in [0.05, 0.1) is 12.8 Å². The number of carbonyl (C=O) groups excluding carboxylic acids is 1. The predicted octanol–water partition coefficient (Wildman–Crippen LogP) is 1.91. The van der Waals surface area contributed by atoms with Crippen molar-refractivity contribution >= 4 is 26.9 Å². The zero-order valence-electron chi connectivity index (χ0n) is 15.0. The van der Waals surface area contributed by atoms with Crippen molar-refractivity contribution in [3.63, 3.8) is 0 Å². The van der Waals surface area contributed by atoms with Crippen LogP contribution >= 0.6 is 0 Å². The van der Waals surface area contributed by atoms with E-state index < -0.39 is 10.0 Å². The number of para-hydroxylation sites is 1. The van der Waals surface area contributed by atoms with Crippen LogP contribution in [0.25, 0.3) is 11.0 Å². The van der Waals surface area contributed by atoms with Gasteiger partial charge in [0.2, 0.25) is 15.9 Å². The number of rotatable bonds is 6. The lowest BCUT2D eigenvalue weighted by Gasteiger charge is -2.29. The van der Waals surface area contributed by atoms with Crippen LogP contribution in [-0.2, 0) is 19.6 Å². The Balaban J connectivity index is 1.56. The molecule has 0 spiro atoms. The number of hydrogen-bond acceptors (Lipinski definition) is 5. The van der Waals surface area contributed by atoms with Crippen LogP contribution in [0.2, 0.25) is 0 Å². The molecule has 1 N–H and O–H groups in total. The van der Waals surface area contributed by atoms with E-state index in [4.69, 9.17) is 9.15 Å². The Morgan fingerprint density at radius 1 is 1.35 bits per heavy atom. The van der Waals surface area contributed by atoms with Gasteiger partial charge in [0.25, 0.3) is 0 Å². The van der Waals surface area contributed by atoms with Crippen LogP contribution in [0.3, 0.4) is 0 Å². The molecule has 1 atom stereocenters. The second-order valence-corrected chi connectivity index (χ2v) is 8.57. The van der Waals surface area contributed by atoms with E-state index in [1.165, 1.54) is 10.6 Å². The number of methoxy groups -OCH3 is 1. The van der Waals surface area contributed by atoms with E-state index >= 15 is 0 Å². The van der Waals surface area contributed by atoms with Crippen molar-refractivity contribution in [1.29, 1.82) is 0 Å². The molecule has 2 heterocycles. The number of hydrogen-bond donors (Lipinski definition) is 1. The quantitative estimate of drug-likeness (QED) is 0.827. The van der Waals surface area contributed by atoms with Crippen molar-refractivity contribution < 1.29 is 22.4 Å². The first kappa shape index (κ1) is 18.9. The van der Waals surface area contributed by atoms with Crippen molar-refractivity contribution in [2.75, 3.05) is 33.0 Å². The summed E-state index contributed by atoms with van der Waals surface area (Å²) in [5.74, 6) is 0.415. The molecular formula is C18H24N2O5S. The Kier molecular flexibility index (Phi) is 5.64. The third kappa shape index (κ3) is 4.25. The number of ether oxygens (including phenoxy) is 1. The second-order valence-electron chi connectivity index (χ2n) is 6.59. The Hall–Kier alpha value is -1.90. The van der Waals surface area contributed by atoms with Gasteiger partial charge in [-0.25, -0.2) is 12.7 Å². The van der Waals surface area contributed by atoms with Gasteiger partial charge in [-0.05, 0) is 25.0 Å². The standard InChI is InChI=1S/C18H24N2O5S/c1-24-17(16-11-14-5-3-4-6-15(14)25-16)12-19-18(21)13-7-9-20(10-8-13)26(2,22)23/h3-6,11,13,17H,7-10,12H2,1-2H3,(H,19,21)/t17-/m1/s1. The molecule has 7 nitrogen and oxygen atoms in total. The Bertz CT molecular complexity index is 836. The van der Waals surface area contributed by atoms with Gasteiger partial charge >= 0.3 is 0 Å². The van der Waals surface area contributed by atoms with Crippen LogP contribution in [0.4, 0.5) is 0 Å². The molecular weight excluding hydrogens is 356 g/mol. The fraction of sp³-hybridized carbons (Fsp3) is 0.500. The van der Waals surface area contributed by atoms with Gasteiger partial charge in [0, 0.05) is 31.5 Å². The fourth-order valence-corrected chi connectivity index (χ4v) is 4.12. The van der Waals surface area contributed by atoms with Crippen LogP contribution in [0.5, 0.6) is 0 Å². The molecule has 1 aliphatic heterocycles. The molecule has 1 aliphatic rings. The number of piperidine rings is 1. The topological polar surface area (TPSA) is 88.9 Å². The molecule has 1 fully saturated rings. The third-order valence-electron chi connectivity index (χ3n) is 4.80. The minimum atomic E-state index is -3.18. The first-order valence-electron chi connectivity index (χ1n) is 8.62. The minimum Gasteiger partial charge on any atom is -0.458 e. The highest BCUT2D eigenvalue weighted by atomic mass is 32.2. The van der Waals surface area contributed by atoms with Crippen LogP contribution < -0.4 is 5.32 Å². The van der Waals surface area contributed by atoms with E-state index in [9.17, 15) is 13.2 Å². The van der Waals surface area contributed by atoms with Crippen LogP contribution in [-0.4, -0.2) is 51.6 Å². The van der Waals surface area contributed by atoms with E-state index in [-0.39, 0.29) is 17.9 Å². The number of furan rings is 1. The van der Waals surface area contributed by atoms with Crippen LogP contribution in [0, 0.1) is 5.92 Å². The first-order valence-corrected chi connectivity index (χ1v) is 10.5. The van der Waals surface area contributed by atoms with E-state index in [1.807, 2.05) is 30.3 Å². The number of carbonyl (C=O) groups is 1. The lowest BCUT2D eigenvalue weighted by molar-refractivity contribution is -0.126. The van der Waals surface area contributed by atoms with Crippen LogP contribution in [0.15, 0.2) is 34.7 Å². The molecule has 8 heteroatoms. The number of amides is 1. The Morgan fingerprint density at radius 2 is 2.04 bits per heavy atom. The van der Waals surface area contributed by atoms with Crippen LogP contribution in [0.1, 0.15) is 24.7 Å². The molecule has 1 amide bonds. The van der Waals surface area contributed by atoms with Crippen molar-refractivity contribution in [3.05, 3.63) is 36.1 Å². The van der Waals surface area contributed by atoms with Crippen molar-refractivity contribution in [3.8, 4) is 0 Å². The third-order valence-corrected chi connectivity index (χ3v) is 6.11. The van der Waals surface area contributed by atoms with Gasteiger partial charge < -0.3 is 14.5 Å². The Labute approximate surface area is 153 Å². The first-order chi connectivity index (χ1) is 12.4. The van der Waals surface area contributed by atoms with Gasteiger partial charge in [-0.3, -0.25) is 4.79 Å². The summed E-state index contributed by atoms with van der Waals surface area (Å²) in [5.41, 5.74) is 0.782. The van der Waals surface area contributed by atoms with Crippen molar-refractivity contribution in [1.82, 2.24) is 9.62 Å². The smallest absolute Gasteiger partial charge is 0.223 e. The molecule has 1 aromatic carbocycles. The average molecular weight is 380 g/mol. The number of fused-ring (bicyclic) bond motifs is 1. The molecule has 0 unspecified atom stereocenters. The van der Waals surface area contributed by atoms with Gasteiger partial charge in [0.1, 0.15) is 17.4 Å². The van der Waals surface area contributed by atoms with E-state index in [1.54, 1.807) is 7.11 Å². The van der Waals surface area contributed by atoms with Gasteiger partial charge in [-0.15, -0.1) is 0 Å². The van der Waals surface area contributed by atoms with Gasteiger partial charge in [-0.2, -0.15) is 0 Å². The predicted molar refractivity (Wildman–Crippen MR) is 98.1 cm³/mol. The molecule has 2 aromatic rings. The highest BCUT2D eigenvalue weighted by Gasteiger charge is 2.29. The van der Waals surface area contributed by atoms with Gasteiger partial charge in [0.15, 0.2) is 0 Å². The SMILES string of the molecule is CO[C@H](CNC(=O)C1CCN(S(C)(=O)=O)CC1)c1cc2ccccc2o1. The molecule has 0 bridgehead atoms. The lowest BCUT2D eigenvalue weighted by Crippen LogP contribution is -2.43. The summed E-state index contributed by atoms with van der Waals surface area (Å²) < 4.78 is 35.8. The number of sulfonamides is 1. The maximum absolute atomic E-state index is 12.4. The van der Waals surface area contributed by atoms with E-state index in [2.05, 4.69) is 5.32 Å². The summed E-state index contributed by atoms with van der Waals surface area (Å²) in [6.45, 7) is 1.07. The molecule has 0 saturated carbocycles. The molecule has 1 saturated heterocycles. The minimum absolute atomic E-state index is 0.0729. The number of nitrogens with one attached hydrogen (secondary N) is 1. The largest absolute Gasteiger partial charge is 0.458 e. The summed E-state index contributed by atoms with van der Waals surface area (Å²) in [7, 11) is -1.61. The summed E-state index contributed by atoms with van der Waals surface area (Å²) in [6, 6.07) is 9.61. The molecule has 3 rings (SSSR count). The number of benzene rings is 1. The second kappa shape index (κ2) is 7.77. The highest BCUT2D eigenvalue weighted by molar-refractivity contribution is 7.88. The van der Waals surface area contributed by atoms with Crippen molar-refractivity contribution in [2.45, 2.75) is 18.9 Å². The summed E-state index contributed by atoms with van der Waals surface area (Å²) in [4.78, 5) is 12.4. The van der Waals surface area contributed by atoms with E-state index in [0.717, 1.165) is 11.0 Å². The molecule has 0 radical (unpaired) electrons.